The Labute approximate surface area is 116 Å². The molecule has 0 aliphatic carbocycles. The smallest absolute Gasteiger partial charge is 0.270 e. The Balaban J connectivity index is 2.26. The fraction of sp³-hybridized carbons (Fsp3) is 0.600. The molecule has 1 saturated heterocycles. The van der Waals surface area contributed by atoms with Crippen molar-refractivity contribution in [1.82, 2.24) is 0 Å². The van der Waals surface area contributed by atoms with Crippen molar-refractivity contribution >= 4 is 12.0 Å². The van der Waals surface area contributed by atoms with Crippen molar-refractivity contribution in [1.29, 1.82) is 0 Å². The van der Waals surface area contributed by atoms with Gasteiger partial charge < -0.3 is 14.0 Å². The van der Waals surface area contributed by atoms with Crippen molar-refractivity contribution < 1.29 is 14.0 Å². The summed E-state index contributed by atoms with van der Waals surface area (Å²) in [6, 6.07) is 8.09. The monoisotopic (exact) mass is 263 g/mol. The van der Waals surface area contributed by atoms with E-state index in [4.69, 9.17) is 14.0 Å². The second-order valence-corrected chi connectivity index (χ2v) is 5.47. The molecule has 0 saturated carbocycles. The van der Waals surface area contributed by atoms with Crippen LogP contribution < -0.4 is 10.2 Å². The number of rotatable bonds is 5. The zero-order valence-electron chi connectivity index (χ0n) is 12.4. The largest absolute Gasteiger partial charge is 0.560 e. The maximum Gasteiger partial charge on any atom is 0.270 e. The first-order valence-electron chi connectivity index (χ1n) is 7.27. The topological polar surface area (TPSA) is 27.7 Å². The molecule has 0 spiro atoms. The van der Waals surface area contributed by atoms with Gasteiger partial charge in [-0.1, -0.05) is 31.9 Å². The summed E-state index contributed by atoms with van der Waals surface area (Å²) in [5.41, 5.74) is 1.14. The quantitative estimate of drug-likeness (QED) is 0.764. The van der Waals surface area contributed by atoms with Crippen LogP contribution in [0.2, 0.25) is 6.32 Å². The Morgan fingerprint density at radius 2 is 1.68 bits per heavy atom. The molecule has 2 rings (SSSR count). The highest BCUT2D eigenvalue weighted by atomic mass is 16.7. The minimum absolute atomic E-state index is 0.152. The van der Waals surface area contributed by atoms with Gasteiger partial charge in [-0.3, -0.25) is 0 Å². The fourth-order valence-electron chi connectivity index (χ4n) is 2.78. The lowest BCUT2D eigenvalue weighted by atomic mass is 9.48. The van der Waals surface area contributed by atoms with E-state index in [1.807, 2.05) is 12.1 Å². The molecule has 3 nitrogen and oxygen atoms in total. The van der Waals surface area contributed by atoms with Gasteiger partial charge in [0, 0.05) is 12.2 Å². The summed E-state index contributed by atoms with van der Waals surface area (Å²) in [5, 5.41) is 0. The van der Waals surface area contributed by atoms with Gasteiger partial charge in [0.15, 0.2) is 0 Å². The molecule has 0 radical (unpaired) electrons. The van der Waals surface area contributed by atoms with Gasteiger partial charge in [0.2, 0.25) is 0 Å². The highest BCUT2D eigenvalue weighted by Crippen LogP contribution is 2.30. The fourth-order valence-corrected chi connectivity index (χ4v) is 2.78. The van der Waals surface area contributed by atoms with Crippen LogP contribution in [0.1, 0.15) is 33.6 Å². The predicted molar refractivity (Wildman–Crippen MR) is 79.2 cm³/mol. The summed E-state index contributed by atoms with van der Waals surface area (Å²) in [6.45, 7) is 5.04. The van der Waals surface area contributed by atoms with Crippen LogP contribution in [0.15, 0.2) is 24.3 Å². The third kappa shape index (κ3) is 2.95. The van der Waals surface area contributed by atoms with Crippen LogP contribution >= 0.6 is 0 Å². The second-order valence-electron chi connectivity index (χ2n) is 5.47. The van der Waals surface area contributed by atoms with Gasteiger partial charge in [0.05, 0.1) is 7.11 Å². The molecule has 106 valence electrons. The van der Waals surface area contributed by atoms with Gasteiger partial charge in [-0.05, 0) is 26.0 Å². The minimum atomic E-state index is -1.33. The Hall–Kier alpha value is -0.995. The maximum absolute atomic E-state index is 6.22. The highest BCUT2D eigenvalue weighted by molar-refractivity contribution is 6.81. The molecule has 1 aliphatic heterocycles. The summed E-state index contributed by atoms with van der Waals surface area (Å²) in [5.74, 6) is 0.865. The van der Waals surface area contributed by atoms with E-state index in [2.05, 4.69) is 32.9 Å². The number of unbranched alkanes of at least 4 members (excludes halogenated alkanes) is 1. The molecule has 19 heavy (non-hydrogen) atoms. The van der Waals surface area contributed by atoms with Gasteiger partial charge in [-0.15, -0.1) is 6.32 Å². The number of hydrogen-bond donors (Lipinski definition) is 0. The number of benzene rings is 1. The number of ether oxygens (including phenoxy) is 1. The third-order valence-corrected chi connectivity index (χ3v) is 4.09. The second kappa shape index (κ2) is 5.97. The zero-order chi connectivity index (χ0) is 13.9. The van der Waals surface area contributed by atoms with Crippen molar-refractivity contribution in [2.45, 2.75) is 52.1 Å². The third-order valence-electron chi connectivity index (χ3n) is 4.09. The van der Waals surface area contributed by atoms with Crippen LogP contribution in [0.5, 0.6) is 5.75 Å². The Bertz CT molecular complexity index is 394. The van der Waals surface area contributed by atoms with Crippen molar-refractivity contribution in [3.8, 4) is 5.75 Å². The first kappa shape index (κ1) is 14.4. The lowest BCUT2D eigenvalue weighted by molar-refractivity contribution is 0.187. The van der Waals surface area contributed by atoms with E-state index in [-0.39, 0.29) is 12.2 Å². The van der Waals surface area contributed by atoms with Crippen molar-refractivity contribution in [2.75, 3.05) is 7.11 Å². The summed E-state index contributed by atoms with van der Waals surface area (Å²) >= 11 is 0. The standard InChI is InChI=1S/C15H24BO3/c1-5-6-11-16(18-12(2)13(3)19-16)14-7-9-15(17-4)10-8-14/h7-10,12-13H,5-6,11H2,1-4H3/q-1. The molecule has 1 heterocycles. The molecule has 0 aromatic heterocycles. The molecule has 2 atom stereocenters. The summed E-state index contributed by atoms with van der Waals surface area (Å²) in [4.78, 5) is 0. The van der Waals surface area contributed by atoms with Gasteiger partial charge >= 0.3 is 0 Å². The predicted octanol–water partition coefficient (Wildman–Crippen LogP) is 2.97. The first-order valence-corrected chi connectivity index (χ1v) is 7.27. The van der Waals surface area contributed by atoms with E-state index in [9.17, 15) is 0 Å². The van der Waals surface area contributed by atoms with E-state index in [0.29, 0.717) is 0 Å². The maximum atomic E-state index is 6.22. The molecular weight excluding hydrogens is 239 g/mol. The van der Waals surface area contributed by atoms with E-state index >= 15 is 0 Å². The average Bonchev–Trinajstić information content (AvgIpc) is 2.73. The van der Waals surface area contributed by atoms with Crippen LogP contribution in [0, 0.1) is 0 Å². The number of hydrogen-bond acceptors (Lipinski definition) is 3. The lowest BCUT2D eigenvalue weighted by Crippen LogP contribution is -2.50. The van der Waals surface area contributed by atoms with Crippen LogP contribution in [-0.2, 0) is 9.31 Å². The van der Waals surface area contributed by atoms with Crippen molar-refractivity contribution in [3.05, 3.63) is 24.3 Å². The first-order chi connectivity index (χ1) is 9.11. The molecular formula is C15H24BO3-. The Morgan fingerprint density at radius 1 is 1.11 bits per heavy atom. The van der Waals surface area contributed by atoms with Gasteiger partial charge in [0.25, 0.3) is 6.55 Å². The van der Waals surface area contributed by atoms with E-state index < -0.39 is 6.55 Å². The number of methoxy groups -OCH3 is 1. The van der Waals surface area contributed by atoms with E-state index in [0.717, 1.165) is 30.4 Å². The highest BCUT2D eigenvalue weighted by Gasteiger charge is 2.38. The molecule has 1 aliphatic rings. The minimum Gasteiger partial charge on any atom is -0.560 e. The molecule has 1 aromatic carbocycles. The SMILES string of the molecule is CCCC[B-]1(c2ccc(OC)cc2)OC(C)C(C)O1. The van der Waals surface area contributed by atoms with Crippen LogP contribution in [0.25, 0.3) is 0 Å². The van der Waals surface area contributed by atoms with Crippen molar-refractivity contribution in [3.63, 3.8) is 0 Å². The van der Waals surface area contributed by atoms with E-state index in [1.54, 1.807) is 7.11 Å². The molecule has 1 aromatic rings. The summed E-state index contributed by atoms with van der Waals surface area (Å²) in [7, 11) is 1.68. The summed E-state index contributed by atoms with van der Waals surface area (Å²) in [6.07, 6.45) is 3.52. The normalized spacial score (nSPS) is 30.5. The molecule has 4 heteroatoms. The van der Waals surface area contributed by atoms with Gasteiger partial charge in [-0.2, -0.15) is 5.46 Å². The van der Waals surface area contributed by atoms with Crippen molar-refractivity contribution in [2.24, 2.45) is 0 Å². The Kier molecular flexibility index (Phi) is 4.53. The van der Waals surface area contributed by atoms with Gasteiger partial charge in [0.1, 0.15) is 5.75 Å². The average molecular weight is 263 g/mol. The van der Waals surface area contributed by atoms with Crippen LogP contribution in [0.3, 0.4) is 0 Å². The molecule has 0 N–H and O–H groups in total. The van der Waals surface area contributed by atoms with Crippen LogP contribution in [0.4, 0.5) is 0 Å². The van der Waals surface area contributed by atoms with Gasteiger partial charge in [-0.25, -0.2) is 0 Å². The molecule has 2 unspecified atom stereocenters. The lowest BCUT2D eigenvalue weighted by Gasteiger charge is -2.36. The molecule has 0 bridgehead atoms. The van der Waals surface area contributed by atoms with Crippen LogP contribution in [-0.4, -0.2) is 25.9 Å². The molecule has 0 amide bonds. The Morgan fingerprint density at radius 3 is 2.16 bits per heavy atom. The van der Waals surface area contributed by atoms with E-state index in [1.165, 1.54) is 0 Å². The summed E-state index contributed by atoms with van der Waals surface area (Å²) < 4.78 is 17.7. The molecule has 1 fully saturated rings. The zero-order valence-corrected chi connectivity index (χ0v) is 12.4.